The molecule has 0 spiro atoms. The van der Waals surface area contributed by atoms with Gasteiger partial charge >= 0.3 is 0 Å². The third kappa shape index (κ3) is 2.55. The summed E-state index contributed by atoms with van der Waals surface area (Å²) in [6.45, 7) is 1.62. The molecule has 0 aromatic heterocycles. The Kier molecular flexibility index (Phi) is 4.03. The summed E-state index contributed by atoms with van der Waals surface area (Å²) in [5, 5.41) is 10.1. The molecule has 0 heterocycles. The van der Waals surface area contributed by atoms with Gasteiger partial charge in [-0.05, 0) is 12.5 Å². The number of carbonyl (C=O) groups excluding carboxylic acids is 1. The van der Waals surface area contributed by atoms with Crippen molar-refractivity contribution in [3.63, 3.8) is 0 Å². The van der Waals surface area contributed by atoms with Crippen molar-refractivity contribution in [3.05, 3.63) is 71.8 Å². The zero-order valence-electron chi connectivity index (χ0n) is 10.6. The van der Waals surface area contributed by atoms with Crippen LogP contribution >= 0.6 is 11.6 Å². The smallest absolute Gasteiger partial charge is 0.200 e. The van der Waals surface area contributed by atoms with Crippen LogP contribution in [0.5, 0.6) is 0 Å². The first-order valence-electron chi connectivity index (χ1n) is 6.08. The van der Waals surface area contributed by atoms with Crippen molar-refractivity contribution in [2.45, 2.75) is 17.9 Å². The molecular formula is C16H15ClO2. The monoisotopic (exact) mass is 274 g/mol. The van der Waals surface area contributed by atoms with E-state index in [1.165, 1.54) is 0 Å². The molecule has 2 rings (SSSR count). The lowest BCUT2D eigenvalue weighted by atomic mass is 9.83. The molecule has 98 valence electrons. The maximum Gasteiger partial charge on any atom is 0.200 e. The number of carbonyl (C=O) groups is 1. The molecule has 0 aliphatic heterocycles. The van der Waals surface area contributed by atoms with Crippen LogP contribution in [0.25, 0.3) is 0 Å². The van der Waals surface area contributed by atoms with Gasteiger partial charge in [-0.15, -0.1) is 11.6 Å². The van der Waals surface area contributed by atoms with Crippen molar-refractivity contribution in [1.82, 2.24) is 0 Å². The van der Waals surface area contributed by atoms with E-state index in [-0.39, 0.29) is 5.78 Å². The largest absolute Gasteiger partial charge is 0.375 e. The average Bonchev–Trinajstić information content (AvgIpc) is 2.47. The highest BCUT2D eigenvalue weighted by atomic mass is 35.5. The summed E-state index contributed by atoms with van der Waals surface area (Å²) in [4.78, 5) is 12.6. The molecule has 2 atom stereocenters. The summed E-state index contributed by atoms with van der Waals surface area (Å²) in [5.41, 5.74) is -0.767. The van der Waals surface area contributed by atoms with Crippen LogP contribution in [0.4, 0.5) is 0 Å². The number of alkyl halides is 1. The van der Waals surface area contributed by atoms with Gasteiger partial charge in [-0.25, -0.2) is 0 Å². The summed E-state index contributed by atoms with van der Waals surface area (Å²) in [7, 11) is 0. The second-order valence-corrected chi connectivity index (χ2v) is 5.10. The maximum absolute atomic E-state index is 12.6. The van der Waals surface area contributed by atoms with Crippen LogP contribution < -0.4 is 0 Å². The molecule has 0 bridgehead atoms. The van der Waals surface area contributed by atoms with Crippen LogP contribution in [0.2, 0.25) is 0 Å². The van der Waals surface area contributed by atoms with Gasteiger partial charge in [0, 0.05) is 5.56 Å². The lowest BCUT2D eigenvalue weighted by Gasteiger charge is -2.29. The SMILES string of the molecule is CC(Cl)C(O)(C(=O)c1ccccc1)c1ccccc1. The lowest BCUT2D eigenvalue weighted by Crippen LogP contribution is -2.42. The molecule has 2 nitrogen and oxygen atoms in total. The molecule has 2 unspecified atom stereocenters. The Hall–Kier alpha value is -1.64. The Morgan fingerprint density at radius 1 is 1.05 bits per heavy atom. The van der Waals surface area contributed by atoms with E-state index in [1.807, 2.05) is 12.1 Å². The van der Waals surface area contributed by atoms with E-state index in [2.05, 4.69) is 0 Å². The van der Waals surface area contributed by atoms with Crippen LogP contribution in [0, 0.1) is 0 Å². The van der Waals surface area contributed by atoms with Gasteiger partial charge in [0.2, 0.25) is 0 Å². The quantitative estimate of drug-likeness (QED) is 0.685. The first-order chi connectivity index (χ1) is 9.06. The van der Waals surface area contributed by atoms with Gasteiger partial charge < -0.3 is 5.11 Å². The first kappa shape index (κ1) is 13.8. The molecule has 0 saturated heterocycles. The van der Waals surface area contributed by atoms with Crippen molar-refractivity contribution >= 4 is 17.4 Å². The number of hydrogen-bond donors (Lipinski definition) is 1. The van der Waals surface area contributed by atoms with E-state index in [4.69, 9.17) is 11.6 Å². The number of hydrogen-bond acceptors (Lipinski definition) is 2. The predicted octanol–water partition coefficient (Wildman–Crippen LogP) is 3.38. The number of halogens is 1. The van der Waals surface area contributed by atoms with E-state index >= 15 is 0 Å². The molecule has 1 N–H and O–H groups in total. The molecule has 2 aromatic carbocycles. The number of ketones is 1. The molecular weight excluding hydrogens is 260 g/mol. The van der Waals surface area contributed by atoms with Crippen LogP contribution in [-0.2, 0) is 5.60 Å². The molecule has 0 saturated carbocycles. The molecule has 2 aromatic rings. The van der Waals surface area contributed by atoms with Gasteiger partial charge in [0.1, 0.15) is 0 Å². The molecule has 0 aliphatic carbocycles. The average molecular weight is 275 g/mol. The van der Waals surface area contributed by atoms with Crippen LogP contribution in [0.15, 0.2) is 60.7 Å². The number of aliphatic hydroxyl groups is 1. The van der Waals surface area contributed by atoms with Gasteiger partial charge in [0.05, 0.1) is 5.38 Å². The van der Waals surface area contributed by atoms with E-state index in [1.54, 1.807) is 55.5 Å². The van der Waals surface area contributed by atoms with Crippen molar-refractivity contribution in [2.75, 3.05) is 0 Å². The molecule has 0 aliphatic rings. The van der Waals surface area contributed by atoms with Gasteiger partial charge in [0.25, 0.3) is 0 Å². The Morgan fingerprint density at radius 3 is 2.00 bits per heavy atom. The van der Waals surface area contributed by atoms with Gasteiger partial charge in [-0.3, -0.25) is 4.79 Å². The topological polar surface area (TPSA) is 37.3 Å². The highest BCUT2D eigenvalue weighted by Gasteiger charge is 2.42. The second-order valence-electron chi connectivity index (χ2n) is 4.44. The molecule has 3 heteroatoms. The van der Waals surface area contributed by atoms with Crippen molar-refractivity contribution in [3.8, 4) is 0 Å². The number of Topliss-reactive ketones (excluding diaryl/α,β-unsaturated/α-hetero) is 1. The van der Waals surface area contributed by atoms with E-state index in [0.29, 0.717) is 11.1 Å². The Morgan fingerprint density at radius 2 is 1.53 bits per heavy atom. The zero-order valence-corrected chi connectivity index (χ0v) is 11.3. The second kappa shape index (κ2) is 5.55. The first-order valence-corrected chi connectivity index (χ1v) is 6.52. The van der Waals surface area contributed by atoms with Gasteiger partial charge in [-0.1, -0.05) is 60.7 Å². The minimum absolute atomic E-state index is 0.387. The molecule has 19 heavy (non-hydrogen) atoms. The molecule has 0 fully saturated rings. The van der Waals surface area contributed by atoms with E-state index in [0.717, 1.165) is 0 Å². The number of rotatable bonds is 4. The third-order valence-electron chi connectivity index (χ3n) is 3.17. The van der Waals surface area contributed by atoms with Crippen LogP contribution in [0.1, 0.15) is 22.8 Å². The minimum Gasteiger partial charge on any atom is -0.375 e. The van der Waals surface area contributed by atoms with Crippen molar-refractivity contribution < 1.29 is 9.90 Å². The maximum atomic E-state index is 12.6. The van der Waals surface area contributed by atoms with Gasteiger partial charge in [0.15, 0.2) is 11.4 Å². The Labute approximate surface area is 117 Å². The fraction of sp³-hybridized carbons (Fsp3) is 0.188. The Balaban J connectivity index is 2.50. The number of benzene rings is 2. The fourth-order valence-corrected chi connectivity index (χ4v) is 2.27. The normalized spacial score (nSPS) is 15.5. The summed E-state index contributed by atoms with van der Waals surface area (Å²) in [5.74, 6) is -0.387. The molecule has 0 amide bonds. The summed E-state index contributed by atoms with van der Waals surface area (Å²) in [6, 6.07) is 17.5. The zero-order chi connectivity index (χ0) is 13.9. The highest BCUT2D eigenvalue weighted by Crippen LogP contribution is 2.32. The van der Waals surface area contributed by atoms with Gasteiger partial charge in [-0.2, -0.15) is 0 Å². The standard InChI is InChI=1S/C16H15ClO2/c1-12(17)16(19,14-10-6-3-7-11-14)15(18)13-8-4-2-5-9-13/h2-12,19H,1H3. The fourth-order valence-electron chi connectivity index (χ4n) is 2.04. The van der Waals surface area contributed by atoms with Crippen LogP contribution in [-0.4, -0.2) is 16.3 Å². The highest BCUT2D eigenvalue weighted by molar-refractivity contribution is 6.24. The van der Waals surface area contributed by atoms with Crippen molar-refractivity contribution in [2.24, 2.45) is 0 Å². The van der Waals surface area contributed by atoms with Crippen molar-refractivity contribution in [1.29, 1.82) is 0 Å². The Bertz CT molecular complexity index is 551. The van der Waals surface area contributed by atoms with Crippen LogP contribution in [0.3, 0.4) is 0 Å². The lowest BCUT2D eigenvalue weighted by molar-refractivity contribution is 0.0297. The predicted molar refractivity (Wildman–Crippen MR) is 76.4 cm³/mol. The minimum atomic E-state index is -1.72. The van der Waals surface area contributed by atoms with E-state index < -0.39 is 11.0 Å². The third-order valence-corrected chi connectivity index (χ3v) is 3.49. The molecule has 0 radical (unpaired) electrons. The summed E-state index contributed by atoms with van der Waals surface area (Å²) in [6.07, 6.45) is 0. The summed E-state index contributed by atoms with van der Waals surface area (Å²) >= 11 is 6.09. The van der Waals surface area contributed by atoms with E-state index in [9.17, 15) is 9.90 Å². The summed E-state index contributed by atoms with van der Waals surface area (Å²) < 4.78 is 0.